The Morgan fingerprint density at radius 1 is 0.385 bits per heavy atom. The Kier molecular flexibility index (Phi) is 5.39. The summed E-state index contributed by atoms with van der Waals surface area (Å²) < 4.78 is 2.42. The summed E-state index contributed by atoms with van der Waals surface area (Å²) in [5, 5.41) is 2.65. The molecule has 0 radical (unpaired) electrons. The molecule has 1 aliphatic heterocycles. The van der Waals surface area contributed by atoms with E-state index in [1.165, 1.54) is 69.3 Å². The van der Waals surface area contributed by atoms with Crippen molar-refractivity contribution in [2.45, 2.75) is 19.6 Å². The Labute approximate surface area is 236 Å². The lowest BCUT2D eigenvalue weighted by molar-refractivity contribution is 1.15. The zero-order valence-electron chi connectivity index (χ0n) is 21.0. The van der Waals surface area contributed by atoms with Gasteiger partial charge < -0.3 is 4.57 Å². The summed E-state index contributed by atoms with van der Waals surface area (Å²) in [4.78, 5) is 5.37. The number of para-hydroxylation sites is 1. The monoisotopic (exact) mass is 533 g/mol. The van der Waals surface area contributed by atoms with E-state index in [9.17, 15) is 0 Å². The standard InChI is InChI=1S/C36H23NS2/c1-2-8-24(9-3-1)25-14-16-26(17-15-25)27-18-20-28(21-19-27)37-30-11-5-4-10-29(30)35-31(37)22-23-34-36(35)39-33-13-7-6-12-32(33)38-34/h1-23H. The number of nitrogens with zero attached hydrogens (tertiary/aromatic N) is 1. The minimum Gasteiger partial charge on any atom is -0.309 e. The van der Waals surface area contributed by atoms with Crippen LogP contribution in [0.15, 0.2) is 159 Å². The van der Waals surface area contributed by atoms with Gasteiger partial charge in [-0.05, 0) is 64.7 Å². The zero-order chi connectivity index (χ0) is 25.8. The van der Waals surface area contributed by atoms with Crippen molar-refractivity contribution in [2.24, 2.45) is 0 Å². The first-order chi connectivity index (χ1) is 19.3. The number of rotatable bonds is 3. The number of aromatic nitrogens is 1. The third-order valence-corrected chi connectivity index (χ3v) is 10.1. The quantitative estimate of drug-likeness (QED) is 0.222. The first-order valence-corrected chi connectivity index (χ1v) is 14.7. The third-order valence-electron chi connectivity index (χ3n) is 7.49. The van der Waals surface area contributed by atoms with Crippen molar-refractivity contribution in [1.29, 1.82) is 0 Å². The van der Waals surface area contributed by atoms with Crippen LogP contribution in [0.5, 0.6) is 0 Å². The number of fused-ring (bicyclic) bond motifs is 6. The molecule has 1 nitrogen and oxygen atoms in total. The first kappa shape index (κ1) is 22.8. The highest BCUT2D eigenvalue weighted by Crippen LogP contribution is 2.52. The Balaban J connectivity index is 1.22. The lowest BCUT2D eigenvalue weighted by Gasteiger charge is -2.19. The van der Waals surface area contributed by atoms with Crippen LogP contribution in [-0.2, 0) is 0 Å². The molecule has 1 aromatic heterocycles. The van der Waals surface area contributed by atoms with Gasteiger partial charge in [0.15, 0.2) is 0 Å². The topological polar surface area (TPSA) is 4.93 Å². The molecular formula is C36H23NS2. The van der Waals surface area contributed by atoms with Crippen molar-refractivity contribution >= 4 is 45.3 Å². The second kappa shape index (κ2) is 9.23. The molecule has 0 aliphatic carbocycles. The maximum atomic E-state index is 2.42. The molecule has 0 N–H and O–H groups in total. The fraction of sp³-hybridized carbons (Fsp3) is 0. The van der Waals surface area contributed by atoms with Crippen molar-refractivity contribution in [2.75, 3.05) is 0 Å². The molecule has 3 heteroatoms. The molecule has 0 saturated carbocycles. The predicted molar refractivity (Wildman–Crippen MR) is 166 cm³/mol. The van der Waals surface area contributed by atoms with Gasteiger partial charge in [-0.25, -0.2) is 0 Å². The summed E-state index contributed by atoms with van der Waals surface area (Å²) in [5.41, 5.74) is 8.60. The van der Waals surface area contributed by atoms with E-state index in [-0.39, 0.29) is 0 Å². The van der Waals surface area contributed by atoms with Crippen molar-refractivity contribution in [3.05, 3.63) is 140 Å². The molecule has 0 atom stereocenters. The molecule has 0 bridgehead atoms. The van der Waals surface area contributed by atoms with Crippen molar-refractivity contribution in [3.8, 4) is 27.9 Å². The highest BCUT2D eigenvalue weighted by atomic mass is 32.2. The fourth-order valence-electron chi connectivity index (χ4n) is 5.61. The second-order valence-corrected chi connectivity index (χ2v) is 11.9. The maximum Gasteiger partial charge on any atom is 0.0553 e. The lowest BCUT2D eigenvalue weighted by atomic mass is 10.0. The van der Waals surface area contributed by atoms with Gasteiger partial charge in [-0.2, -0.15) is 0 Å². The zero-order valence-corrected chi connectivity index (χ0v) is 22.7. The van der Waals surface area contributed by atoms with Crippen molar-refractivity contribution in [3.63, 3.8) is 0 Å². The van der Waals surface area contributed by atoms with Crippen LogP contribution in [0.2, 0.25) is 0 Å². The number of benzene rings is 6. The van der Waals surface area contributed by atoms with Crippen molar-refractivity contribution < 1.29 is 0 Å². The minimum atomic E-state index is 1.18. The normalized spacial score (nSPS) is 12.4. The van der Waals surface area contributed by atoms with Gasteiger partial charge in [-0.1, -0.05) is 121 Å². The van der Waals surface area contributed by atoms with Gasteiger partial charge in [-0.15, -0.1) is 0 Å². The Bertz CT molecular complexity index is 1990. The van der Waals surface area contributed by atoms with E-state index in [1.54, 1.807) is 0 Å². The van der Waals surface area contributed by atoms with Crippen LogP contribution in [0.25, 0.3) is 49.7 Å². The van der Waals surface area contributed by atoms with Gasteiger partial charge >= 0.3 is 0 Å². The highest BCUT2D eigenvalue weighted by Gasteiger charge is 2.23. The molecule has 39 heavy (non-hydrogen) atoms. The van der Waals surface area contributed by atoms with Gasteiger partial charge in [0.1, 0.15) is 0 Å². The van der Waals surface area contributed by atoms with Gasteiger partial charge in [0.05, 0.1) is 11.0 Å². The summed E-state index contributed by atoms with van der Waals surface area (Å²) in [7, 11) is 0. The SMILES string of the molecule is c1ccc(-c2ccc(-c3ccc(-n4c5ccccc5c5c6c(ccc54)Sc4ccccc4S6)cc3)cc2)cc1. The molecule has 0 spiro atoms. The average Bonchev–Trinajstić information content (AvgIpc) is 3.35. The predicted octanol–water partition coefficient (Wildman–Crippen LogP) is 10.7. The summed E-state index contributed by atoms with van der Waals surface area (Å²) in [5.74, 6) is 0. The Morgan fingerprint density at radius 2 is 0.949 bits per heavy atom. The molecule has 6 aromatic carbocycles. The maximum absolute atomic E-state index is 2.42. The van der Waals surface area contributed by atoms with Gasteiger partial charge in [-0.3, -0.25) is 0 Å². The van der Waals surface area contributed by atoms with E-state index >= 15 is 0 Å². The third kappa shape index (κ3) is 3.81. The fourth-order valence-corrected chi connectivity index (χ4v) is 8.01. The molecule has 7 aromatic rings. The average molecular weight is 534 g/mol. The molecule has 0 amide bonds. The minimum absolute atomic E-state index is 1.18. The number of hydrogen-bond acceptors (Lipinski definition) is 2. The summed E-state index contributed by atoms with van der Waals surface area (Å²) in [6, 6.07) is 50.5. The molecule has 0 unspecified atom stereocenters. The molecule has 0 saturated heterocycles. The van der Waals surface area contributed by atoms with Crippen LogP contribution in [-0.4, -0.2) is 4.57 Å². The molecule has 1 aliphatic rings. The molecule has 8 rings (SSSR count). The van der Waals surface area contributed by atoms with E-state index in [0.29, 0.717) is 0 Å². The molecule has 184 valence electrons. The van der Waals surface area contributed by atoms with E-state index in [4.69, 9.17) is 0 Å². The van der Waals surface area contributed by atoms with Crippen molar-refractivity contribution in [1.82, 2.24) is 4.57 Å². The highest BCUT2D eigenvalue weighted by molar-refractivity contribution is 8.05. The number of hydrogen-bond donors (Lipinski definition) is 0. The Morgan fingerprint density at radius 3 is 1.67 bits per heavy atom. The van der Waals surface area contributed by atoms with Gasteiger partial charge in [0, 0.05) is 36.0 Å². The summed E-state index contributed by atoms with van der Waals surface area (Å²) >= 11 is 3.78. The van der Waals surface area contributed by atoms with Crippen LogP contribution in [0, 0.1) is 0 Å². The largest absolute Gasteiger partial charge is 0.309 e. The van der Waals surface area contributed by atoms with Crippen LogP contribution >= 0.6 is 23.5 Å². The Hall–Kier alpha value is -4.18. The smallest absolute Gasteiger partial charge is 0.0553 e. The summed E-state index contributed by atoms with van der Waals surface area (Å²) in [6.45, 7) is 0. The second-order valence-electron chi connectivity index (χ2n) is 9.78. The van der Waals surface area contributed by atoms with E-state index in [0.717, 1.165) is 0 Å². The molecule has 2 heterocycles. The lowest BCUT2D eigenvalue weighted by Crippen LogP contribution is -1.95. The van der Waals surface area contributed by atoms with Crippen LogP contribution in [0.4, 0.5) is 0 Å². The van der Waals surface area contributed by atoms with E-state index in [2.05, 4.69) is 144 Å². The first-order valence-electron chi connectivity index (χ1n) is 13.1. The van der Waals surface area contributed by atoms with Crippen LogP contribution in [0.3, 0.4) is 0 Å². The van der Waals surface area contributed by atoms with Crippen LogP contribution < -0.4 is 0 Å². The summed E-state index contributed by atoms with van der Waals surface area (Å²) in [6.07, 6.45) is 0. The van der Waals surface area contributed by atoms with E-state index in [1.807, 2.05) is 23.5 Å². The van der Waals surface area contributed by atoms with Gasteiger partial charge in [0.2, 0.25) is 0 Å². The molecular weight excluding hydrogens is 511 g/mol. The van der Waals surface area contributed by atoms with Gasteiger partial charge in [0.25, 0.3) is 0 Å². The van der Waals surface area contributed by atoms with E-state index < -0.39 is 0 Å². The van der Waals surface area contributed by atoms with Crippen LogP contribution in [0.1, 0.15) is 0 Å². The molecule has 0 fully saturated rings.